The maximum Gasteiger partial charge on any atom is 0.274 e. The van der Waals surface area contributed by atoms with Crippen molar-refractivity contribution in [2.45, 2.75) is 6.04 Å². The average Bonchev–Trinajstić information content (AvgIpc) is 3.18. The van der Waals surface area contributed by atoms with Gasteiger partial charge in [0.25, 0.3) is 11.8 Å². The van der Waals surface area contributed by atoms with Crippen LogP contribution in [-0.2, 0) is 9.63 Å². The number of carbonyl (C=O) groups excluding carboxylic acids is 2. The first-order chi connectivity index (χ1) is 13.5. The molecule has 0 bridgehead atoms. The van der Waals surface area contributed by atoms with Gasteiger partial charge in [-0.2, -0.15) is 0 Å². The van der Waals surface area contributed by atoms with E-state index in [0.717, 1.165) is 18.4 Å². The van der Waals surface area contributed by atoms with Crippen LogP contribution in [0.1, 0.15) is 22.1 Å². The Labute approximate surface area is 170 Å². The lowest BCUT2D eigenvalue weighted by Gasteiger charge is -2.18. The number of carbonyl (C=O) groups is 2. The topological polar surface area (TPSA) is 93.5 Å². The molecule has 1 atom stereocenters. The van der Waals surface area contributed by atoms with E-state index in [9.17, 15) is 18.4 Å². The van der Waals surface area contributed by atoms with Crippen molar-refractivity contribution in [2.24, 2.45) is 0 Å². The average molecular weight is 424 g/mol. The largest absolute Gasteiger partial charge is 0.444 e. The first-order valence-corrected chi connectivity index (χ1v) is 8.09. The monoisotopic (exact) mass is 423 g/mol. The molecule has 3 aromatic rings. The van der Waals surface area contributed by atoms with Gasteiger partial charge in [0.15, 0.2) is 5.69 Å². The molecule has 2 N–H and O–H groups in total. The molecule has 0 saturated heterocycles. The summed E-state index contributed by atoms with van der Waals surface area (Å²) in [6.07, 6.45) is 1.12. The van der Waals surface area contributed by atoms with Gasteiger partial charge in [-0.15, -0.1) is 12.4 Å². The summed E-state index contributed by atoms with van der Waals surface area (Å²) in [6.45, 7) is 0. The molecule has 0 saturated carbocycles. The molecule has 10 heteroatoms. The SMILES string of the molecule is CONC(=O)C(NC(=O)c1coc(-c2ccccc2)n1)c1ccc(F)cc1F.Cl. The molecule has 3 rings (SSSR count). The highest BCUT2D eigenvalue weighted by molar-refractivity contribution is 5.96. The molecule has 152 valence electrons. The van der Waals surface area contributed by atoms with Gasteiger partial charge in [-0.3, -0.25) is 14.4 Å². The first-order valence-electron chi connectivity index (χ1n) is 8.09. The third-order valence-electron chi connectivity index (χ3n) is 3.77. The maximum atomic E-state index is 14.1. The van der Waals surface area contributed by atoms with E-state index in [4.69, 9.17) is 4.42 Å². The number of amides is 2. The van der Waals surface area contributed by atoms with Gasteiger partial charge >= 0.3 is 0 Å². The molecule has 1 aromatic heterocycles. The lowest BCUT2D eigenvalue weighted by Crippen LogP contribution is -2.40. The molecule has 0 fully saturated rings. The number of halogens is 3. The van der Waals surface area contributed by atoms with Crippen molar-refractivity contribution in [1.29, 1.82) is 0 Å². The number of oxazole rings is 1. The molecular weight excluding hydrogens is 408 g/mol. The van der Waals surface area contributed by atoms with Gasteiger partial charge in [0.1, 0.15) is 23.9 Å². The molecule has 0 aliphatic heterocycles. The summed E-state index contributed by atoms with van der Waals surface area (Å²) >= 11 is 0. The maximum absolute atomic E-state index is 14.1. The van der Waals surface area contributed by atoms with Crippen molar-refractivity contribution in [3.63, 3.8) is 0 Å². The van der Waals surface area contributed by atoms with E-state index in [0.29, 0.717) is 11.6 Å². The van der Waals surface area contributed by atoms with Gasteiger partial charge in [-0.25, -0.2) is 19.2 Å². The summed E-state index contributed by atoms with van der Waals surface area (Å²) in [5, 5.41) is 2.34. The van der Waals surface area contributed by atoms with Crippen molar-refractivity contribution >= 4 is 24.2 Å². The van der Waals surface area contributed by atoms with E-state index in [1.54, 1.807) is 24.3 Å². The van der Waals surface area contributed by atoms with Crippen molar-refractivity contribution in [1.82, 2.24) is 15.8 Å². The molecule has 7 nitrogen and oxygen atoms in total. The van der Waals surface area contributed by atoms with Crippen LogP contribution in [0.25, 0.3) is 11.5 Å². The Morgan fingerprint density at radius 2 is 1.86 bits per heavy atom. The fourth-order valence-electron chi connectivity index (χ4n) is 2.48. The zero-order chi connectivity index (χ0) is 20.1. The van der Waals surface area contributed by atoms with Crippen LogP contribution in [0.5, 0.6) is 0 Å². The molecular formula is C19H16ClF2N3O4. The van der Waals surface area contributed by atoms with Crippen molar-refractivity contribution in [3.8, 4) is 11.5 Å². The van der Waals surface area contributed by atoms with Gasteiger partial charge < -0.3 is 9.73 Å². The molecule has 0 aliphatic carbocycles. The number of aromatic nitrogens is 1. The van der Waals surface area contributed by atoms with Crippen molar-refractivity contribution < 1.29 is 27.6 Å². The van der Waals surface area contributed by atoms with Gasteiger partial charge in [0.2, 0.25) is 5.89 Å². The standard InChI is InChI=1S/C19H15F2N3O4.ClH/c1-27-24-18(26)16(13-8-7-12(20)9-14(13)21)23-17(25)15-10-28-19(22-15)11-5-3-2-4-6-11;/h2-10,16H,1H3,(H,23,25)(H,24,26);1H. The number of nitrogens with one attached hydrogen (secondary N) is 2. The van der Waals surface area contributed by atoms with Crippen molar-refractivity contribution in [2.75, 3.05) is 7.11 Å². The Kier molecular flexibility index (Phi) is 7.40. The third kappa shape index (κ3) is 5.15. The number of nitrogens with zero attached hydrogens (tertiary/aromatic N) is 1. The van der Waals surface area contributed by atoms with E-state index in [1.807, 2.05) is 11.5 Å². The minimum absolute atomic E-state index is 0. The fourth-order valence-corrected chi connectivity index (χ4v) is 2.48. The van der Waals surface area contributed by atoms with E-state index in [-0.39, 0.29) is 29.6 Å². The summed E-state index contributed by atoms with van der Waals surface area (Å²) < 4.78 is 32.6. The molecule has 0 spiro atoms. The zero-order valence-corrected chi connectivity index (χ0v) is 15.8. The van der Waals surface area contributed by atoms with Crippen LogP contribution >= 0.6 is 12.4 Å². The smallest absolute Gasteiger partial charge is 0.274 e. The Morgan fingerprint density at radius 3 is 2.52 bits per heavy atom. The summed E-state index contributed by atoms with van der Waals surface area (Å²) in [7, 11) is 1.18. The Hall–Kier alpha value is -3.30. The minimum atomic E-state index is -1.48. The second kappa shape index (κ2) is 9.76. The molecule has 1 heterocycles. The minimum Gasteiger partial charge on any atom is -0.444 e. The predicted molar refractivity (Wildman–Crippen MR) is 101 cm³/mol. The van der Waals surface area contributed by atoms with Crippen LogP contribution in [0.15, 0.2) is 59.2 Å². The van der Waals surface area contributed by atoms with Crippen LogP contribution in [0, 0.1) is 11.6 Å². The zero-order valence-electron chi connectivity index (χ0n) is 15.0. The van der Waals surface area contributed by atoms with E-state index in [1.165, 1.54) is 7.11 Å². The first kappa shape index (κ1) is 22.0. The highest BCUT2D eigenvalue weighted by Gasteiger charge is 2.27. The molecule has 29 heavy (non-hydrogen) atoms. The predicted octanol–water partition coefficient (Wildman–Crippen LogP) is 3.19. The van der Waals surface area contributed by atoms with Crippen LogP contribution in [0.3, 0.4) is 0 Å². The Bertz CT molecular complexity index is 998. The quantitative estimate of drug-likeness (QED) is 0.594. The number of hydroxylamine groups is 1. The van der Waals surface area contributed by atoms with Crippen LogP contribution in [0.2, 0.25) is 0 Å². The summed E-state index contributed by atoms with van der Waals surface area (Å²) in [5.74, 6) is -3.25. The number of benzene rings is 2. The number of rotatable bonds is 6. The Morgan fingerprint density at radius 1 is 1.14 bits per heavy atom. The highest BCUT2D eigenvalue weighted by atomic mass is 35.5. The second-order valence-electron chi connectivity index (χ2n) is 5.65. The van der Waals surface area contributed by atoms with Crippen LogP contribution < -0.4 is 10.8 Å². The van der Waals surface area contributed by atoms with Gasteiger partial charge in [0, 0.05) is 17.2 Å². The lowest BCUT2D eigenvalue weighted by molar-refractivity contribution is -0.133. The van der Waals surface area contributed by atoms with E-state index < -0.39 is 29.5 Å². The normalized spacial score (nSPS) is 11.3. The van der Waals surface area contributed by atoms with E-state index in [2.05, 4.69) is 15.1 Å². The molecule has 2 aromatic carbocycles. The number of hydrogen-bond donors (Lipinski definition) is 2. The second-order valence-corrected chi connectivity index (χ2v) is 5.65. The van der Waals surface area contributed by atoms with E-state index >= 15 is 0 Å². The summed E-state index contributed by atoms with van der Waals surface area (Å²) in [4.78, 5) is 33.3. The Balaban J connectivity index is 0.00000300. The fraction of sp³-hybridized carbons (Fsp3) is 0.105. The summed E-state index contributed by atoms with van der Waals surface area (Å²) in [6, 6.07) is 10.0. The highest BCUT2D eigenvalue weighted by Crippen LogP contribution is 2.21. The third-order valence-corrected chi connectivity index (χ3v) is 3.77. The van der Waals surface area contributed by atoms with Crippen LogP contribution in [0.4, 0.5) is 8.78 Å². The molecule has 0 radical (unpaired) electrons. The van der Waals surface area contributed by atoms with Gasteiger partial charge in [-0.05, 0) is 18.2 Å². The van der Waals surface area contributed by atoms with Crippen molar-refractivity contribution in [3.05, 3.63) is 77.7 Å². The molecule has 1 unspecified atom stereocenters. The molecule has 2 amide bonds. The van der Waals surface area contributed by atoms with Crippen LogP contribution in [-0.4, -0.2) is 23.9 Å². The lowest BCUT2D eigenvalue weighted by atomic mass is 10.1. The molecule has 0 aliphatic rings. The van der Waals surface area contributed by atoms with Gasteiger partial charge in [-0.1, -0.05) is 24.3 Å². The number of hydrogen-bond acceptors (Lipinski definition) is 5. The van der Waals surface area contributed by atoms with Gasteiger partial charge in [0.05, 0.1) is 7.11 Å². The summed E-state index contributed by atoms with van der Waals surface area (Å²) in [5.41, 5.74) is 2.31.